The Morgan fingerprint density at radius 2 is 1.94 bits per heavy atom. The third-order valence-electron chi connectivity index (χ3n) is 1.86. The lowest BCUT2D eigenvalue weighted by atomic mass is 10.1. The molecule has 0 aromatic heterocycles. The maximum absolute atomic E-state index is 12.9. The van der Waals surface area contributed by atoms with E-state index in [1.165, 1.54) is 0 Å². The van der Waals surface area contributed by atoms with Gasteiger partial charge in [0.1, 0.15) is 11.5 Å². The Balaban J connectivity index is 3.23. The van der Waals surface area contributed by atoms with Gasteiger partial charge in [-0.25, -0.2) is 9.18 Å². The zero-order chi connectivity index (χ0) is 13.2. The lowest BCUT2D eigenvalue weighted by Crippen LogP contribution is -2.10. The minimum atomic E-state index is -4.84. The summed E-state index contributed by atoms with van der Waals surface area (Å²) in [7, 11) is 0. The van der Waals surface area contributed by atoms with E-state index in [4.69, 9.17) is 10.8 Å². The molecule has 92 valence electrons. The molecule has 0 heterocycles. The van der Waals surface area contributed by atoms with E-state index in [2.05, 4.69) is 0 Å². The summed E-state index contributed by atoms with van der Waals surface area (Å²) < 4.78 is 49.8. The normalized spacial score (nSPS) is 12.6. The lowest BCUT2D eigenvalue weighted by molar-refractivity contribution is -0.140. The molecule has 0 bridgehead atoms. The van der Waals surface area contributed by atoms with E-state index in [-0.39, 0.29) is 5.56 Å². The number of nitrogens with two attached hydrogens (primary N) is 1. The first-order chi connectivity index (χ1) is 7.71. The molecule has 3 nitrogen and oxygen atoms in total. The zero-order valence-electron chi connectivity index (χ0n) is 8.25. The SMILES string of the molecule is N/C(=C/c1ccc(F)c(C(F)(F)F)c1)C(=O)O. The summed E-state index contributed by atoms with van der Waals surface area (Å²) in [5, 5.41) is 8.44. The molecule has 7 heteroatoms. The van der Waals surface area contributed by atoms with Gasteiger partial charge in [0, 0.05) is 0 Å². The molecule has 0 radical (unpaired) electrons. The van der Waals surface area contributed by atoms with Crippen molar-refractivity contribution in [1.82, 2.24) is 0 Å². The second-order valence-electron chi connectivity index (χ2n) is 3.14. The van der Waals surface area contributed by atoms with E-state index in [1.807, 2.05) is 0 Å². The minimum Gasteiger partial charge on any atom is -0.477 e. The summed E-state index contributed by atoms with van der Waals surface area (Å²) in [6, 6.07) is 2.09. The molecule has 0 amide bonds. The van der Waals surface area contributed by atoms with Crippen LogP contribution in [0, 0.1) is 5.82 Å². The Kier molecular flexibility index (Phi) is 3.40. The van der Waals surface area contributed by atoms with Crippen LogP contribution in [0.4, 0.5) is 17.6 Å². The molecular weight excluding hydrogens is 242 g/mol. The van der Waals surface area contributed by atoms with Gasteiger partial charge in [0.2, 0.25) is 0 Å². The molecule has 0 saturated carbocycles. The van der Waals surface area contributed by atoms with Crippen LogP contribution < -0.4 is 5.73 Å². The van der Waals surface area contributed by atoms with Crippen molar-refractivity contribution in [2.45, 2.75) is 6.18 Å². The lowest BCUT2D eigenvalue weighted by Gasteiger charge is -2.08. The van der Waals surface area contributed by atoms with E-state index in [0.717, 1.165) is 12.1 Å². The number of rotatable bonds is 2. The Morgan fingerprint density at radius 1 is 1.35 bits per heavy atom. The summed E-state index contributed by atoms with van der Waals surface area (Å²) in [4.78, 5) is 10.4. The van der Waals surface area contributed by atoms with Crippen LogP contribution >= 0.6 is 0 Å². The van der Waals surface area contributed by atoms with Gasteiger partial charge in [-0.3, -0.25) is 0 Å². The van der Waals surface area contributed by atoms with E-state index < -0.39 is 29.2 Å². The molecular formula is C10H7F4NO2. The van der Waals surface area contributed by atoms with Crippen LogP contribution in [0.3, 0.4) is 0 Å². The smallest absolute Gasteiger partial charge is 0.419 e. The predicted octanol–water partition coefficient (Wildman–Crippen LogP) is 2.23. The third kappa shape index (κ3) is 3.20. The summed E-state index contributed by atoms with van der Waals surface area (Å²) in [5.41, 5.74) is 2.79. The molecule has 0 saturated heterocycles. The van der Waals surface area contributed by atoms with Gasteiger partial charge >= 0.3 is 12.1 Å². The molecule has 1 rings (SSSR count). The third-order valence-corrected chi connectivity index (χ3v) is 1.86. The number of alkyl halides is 3. The fourth-order valence-corrected chi connectivity index (χ4v) is 1.09. The van der Waals surface area contributed by atoms with Gasteiger partial charge in [-0.1, -0.05) is 6.07 Å². The number of halogens is 4. The summed E-state index contributed by atoms with van der Waals surface area (Å²) >= 11 is 0. The Hall–Kier alpha value is -2.05. The molecule has 17 heavy (non-hydrogen) atoms. The highest BCUT2D eigenvalue weighted by atomic mass is 19.4. The number of hydrogen-bond acceptors (Lipinski definition) is 2. The van der Waals surface area contributed by atoms with Gasteiger partial charge < -0.3 is 10.8 Å². The van der Waals surface area contributed by atoms with Crippen LogP contribution in [0.5, 0.6) is 0 Å². The number of carboxylic acid groups (broad SMARTS) is 1. The van der Waals surface area contributed by atoms with E-state index in [9.17, 15) is 22.4 Å². The van der Waals surface area contributed by atoms with Crippen LogP contribution in [0.1, 0.15) is 11.1 Å². The highest BCUT2D eigenvalue weighted by molar-refractivity contribution is 5.90. The monoisotopic (exact) mass is 249 g/mol. The second-order valence-corrected chi connectivity index (χ2v) is 3.14. The predicted molar refractivity (Wildman–Crippen MR) is 51.2 cm³/mol. The van der Waals surface area contributed by atoms with Gasteiger partial charge in [0.15, 0.2) is 0 Å². The maximum Gasteiger partial charge on any atom is 0.419 e. The number of carbonyl (C=O) groups is 1. The quantitative estimate of drug-likeness (QED) is 0.624. The summed E-state index contributed by atoms with van der Waals surface area (Å²) in [6.07, 6.45) is -4.02. The van der Waals surface area contributed by atoms with Crippen LogP contribution in [0.2, 0.25) is 0 Å². The number of hydrogen-bond donors (Lipinski definition) is 2. The van der Waals surface area contributed by atoms with E-state index in [0.29, 0.717) is 12.1 Å². The fraction of sp³-hybridized carbons (Fsp3) is 0.100. The highest BCUT2D eigenvalue weighted by Gasteiger charge is 2.34. The molecule has 0 atom stereocenters. The van der Waals surface area contributed by atoms with Crippen LogP contribution in [0.25, 0.3) is 6.08 Å². The number of benzene rings is 1. The summed E-state index contributed by atoms with van der Waals surface area (Å²) in [5.74, 6) is -2.90. The second kappa shape index (κ2) is 4.44. The standard InChI is InChI=1S/C10H7F4NO2/c11-7-2-1-5(4-8(15)9(16)17)3-6(7)10(12,13)14/h1-4H,15H2,(H,16,17)/b8-4+. The van der Waals surface area contributed by atoms with Crippen molar-refractivity contribution in [1.29, 1.82) is 0 Å². The first-order valence-electron chi connectivity index (χ1n) is 4.29. The first kappa shape index (κ1) is 13.0. The average molecular weight is 249 g/mol. The Bertz CT molecular complexity index is 480. The van der Waals surface area contributed by atoms with Crippen molar-refractivity contribution < 1.29 is 27.5 Å². The first-order valence-corrected chi connectivity index (χ1v) is 4.29. The van der Waals surface area contributed by atoms with Crippen molar-refractivity contribution in [3.63, 3.8) is 0 Å². The Morgan fingerprint density at radius 3 is 2.41 bits per heavy atom. The molecule has 0 aliphatic rings. The van der Waals surface area contributed by atoms with Gasteiger partial charge in [0.05, 0.1) is 5.56 Å². The molecule has 1 aromatic rings. The van der Waals surface area contributed by atoms with Crippen molar-refractivity contribution >= 4 is 12.0 Å². The Labute approximate surface area is 93.2 Å². The molecule has 0 unspecified atom stereocenters. The molecule has 1 aromatic carbocycles. The fourth-order valence-electron chi connectivity index (χ4n) is 1.09. The maximum atomic E-state index is 12.9. The van der Waals surface area contributed by atoms with Crippen LogP contribution in [-0.2, 0) is 11.0 Å². The summed E-state index contributed by atoms with van der Waals surface area (Å²) in [6.45, 7) is 0. The van der Waals surface area contributed by atoms with Crippen LogP contribution in [-0.4, -0.2) is 11.1 Å². The van der Waals surface area contributed by atoms with Crippen molar-refractivity contribution in [2.75, 3.05) is 0 Å². The van der Waals surface area contributed by atoms with Gasteiger partial charge in [0.25, 0.3) is 0 Å². The topological polar surface area (TPSA) is 63.3 Å². The van der Waals surface area contributed by atoms with Crippen LogP contribution in [0.15, 0.2) is 23.9 Å². The van der Waals surface area contributed by atoms with Gasteiger partial charge in [-0.15, -0.1) is 0 Å². The van der Waals surface area contributed by atoms with Crippen molar-refractivity contribution in [3.05, 3.63) is 40.8 Å². The van der Waals surface area contributed by atoms with E-state index >= 15 is 0 Å². The average Bonchev–Trinajstić information content (AvgIpc) is 2.19. The number of aliphatic carboxylic acids is 1. The van der Waals surface area contributed by atoms with Gasteiger partial charge in [-0.05, 0) is 23.8 Å². The van der Waals surface area contributed by atoms with Crippen molar-refractivity contribution in [2.24, 2.45) is 5.73 Å². The molecule has 3 N–H and O–H groups in total. The molecule has 0 aliphatic heterocycles. The molecule has 0 spiro atoms. The van der Waals surface area contributed by atoms with Crippen molar-refractivity contribution in [3.8, 4) is 0 Å². The minimum absolute atomic E-state index is 0.140. The highest BCUT2D eigenvalue weighted by Crippen LogP contribution is 2.32. The molecule has 0 aliphatic carbocycles. The largest absolute Gasteiger partial charge is 0.477 e. The van der Waals surface area contributed by atoms with Gasteiger partial charge in [-0.2, -0.15) is 13.2 Å². The van der Waals surface area contributed by atoms with E-state index in [1.54, 1.807) is 0 Å². The molecule has 0 fully saturated rings. The number of carboxylic acids is 1. The zero-order valence-corrected chi connectivity index (χ0v) is 8.25.